The fraction of sp³-hybridized carbons (Fsp3) is 0.125. The molecule has 21 heavy (non-hydrogen) atoms. The first kappa shape index (κ1) is 13.2. The number of rotatable bonds is 2. The zero-order valence-electron chi connectivity index (χ0n) is 11.8. The summed E-state index contributed by atoms with van der Waals surface area (Å²) < 4.78 is 5.40. The van der Waals surface area contributed by atoms with Crippen LogP contribution in [0.2, 0.25) is 0 Å². The maximum Gasteiger partial charge on any atom is 0.255 e. The first-order chi connectivity index (χ1) is 10.0. The minimum absolute atomic E-state index is 0.183. The molecule has 0 aliphatic rings. The van der Waals surface area contributed by atoms with Crippen LogP contribution in [0.15, 0.2) is 40.8 Å². The molecule has 0 fully saturated rings. The van der Waals surface area contributed by atoms with Crippen LogP contribution in [0.5, 0.6) is 0 Å². The number of nitrogen functional groups attached to an aromatic ring is 1. The van der Waals surface area contributed by atoms with Gasteiger partial charge in [0.25, 0.3) is 5.91 Å². The van der Waals surface area contributed by atoms with E-state index in [4.69, 9.17) is 10.2 Å². The van der Waals surface area contributed by atoms with Crippen molar-refractivity contribution in [1.82, 2.24) is 4.98 Å². The van der Waals surface area contributed by atoms with Crippen LogP contribution in [0.25, 0.3) is 11.1 Å². The molecule has 1 heterocycles. The fourth-order valence-electron chi connectivity index (χ4n) is 2.14. The van der Waals surface area contributed by atoms with Crippen LogP contribution in [0.4, 0.5) is 11.4 Å². The second kappa shape index (κ2) is 4.94. The highest BCUT2D eigenvalue weighted by atomic mass is 16.3. The summed E-state index contributed by atoms with van der Waals surface area (Å²) in [6, 6.07) is 10.6. The molecule has 1 aromatic heterocycles. The largest absolute Gasteiger partial charge is 0.441 e. The Labute approximate surface area is 121 Å². The summed E-state index contributed by atoms with van der Waals surface area (Å²) >= 11 is 0. The molecule has 3 rings (SSSR count). The number of carbonyl (C=O) groups excluding carboxylic acids is 1. The molecule has 0 spiro atoms. The van der Waals surface area contributed by atoms with Crippen molar-refractivity contribution in [2.75, 3.05) is 11.1 Å². The highest BCUT2D eigenvalue weighted by Gasteiger charge is 2.09. The van der Waals surface area contributed by atoms with Gasteiger partial charge in [0.1, 0.15) is 5.52 Å². The van der Waals surface area contributed by atoms with Crippen LogP contribution in [-0.2, 0) is 0 Å². The van der Waals surface area contributed by atoms with Gasteiger partial charge in [-0.1, -0.05) is 0 Å². The third-order valence-electron chi connectivity index (χ3n) is 3.28. The number of nitrogens with two attached hydrogens (primary N) is 1. The number of fused-ring (bicyclic) bond motifs is 1. The molecule has 0 bridgehead atoms. The van der Waals surface area contributed by atoms with Gasteiger partial charge in [-0.3, -0.25) is 4.79 Å². The van der Waals surface area contributed by atoms with E-state index in [-0.39, 0.29) is 5.91 Å². The predicted octanol–water partition coefficient (Wildman–Crippen LogP) is 3.28. The monoisotopic (exact) mass is 281 g/mol. The zero-order valence-corrected chi connectivity index (χ0v) is 11.8. The minimum atomic E-state index is -0.183. The van der Waals surface area contributed by atoms with E-state index >= 15 is 0 Å². The number of anilines is 2. The molecule has 0 atom stereocenters. The Hall–Kier alpha value is -2.82. The average molecular weight is 281 g/mol. The number of aryl methyl sites for hydroxylation is 2. The highest BCUT2D eigenvalue weighted by molar-refractivity contribution is 6.05. The Balaban J connectivity index is 1.86. The maximum atomic E-state index is 12.2. The normalized spacial score (nSPS) is 10.8. The van der Waals surface area contributed by atoms with Crippen LogP contribution in [0.1, 0.15) is 21.8 Å². The van der Waals surface area contributed by atoms with Gasteiger partial charge in [0.05, 0.1) is 0 Å². The van der Waals surface area contributed by atoms with E-state index in [1.165, 1.54) is 0 Å². The SMILES string of the molecule is Cc1nc2cc(NC(=O)c3ccc(N)c(C)c3)ccc2o1. The molecule has 0 saturated carbocycles. The second-order valence-electron chi connectivity index (χ2n) is 4.94. The van der Waals surface area contributed by atoms with Gasteiger partial charge in [-0.05, 0) is 48.9 Å². The molecule has 3 N–H and O–H groups in total. The van der Waals surface area contributed by atoms with E-state index < -0.39 is 0 Å². The number of benzene rings is 2. The third-order valence-corrected chi connectivity index (χ3v) is 3.28. The molecule has 2 aromatic carbocycles. The molecule has 5 heteroatoms. The number of nitrogens with one attached hydrogen (secondary N) is 1. The van der Waals surface area contributed by atoms with Crippen molar-refractivity contribution in [3.63, 3.8) is 0 Å². The van der Waals surface area contributed by atoms with E-state index in [1.54, 1.807) is 43.3 Å². The Morgan fingerprint density at radius 1 is 1.19 bits per heavy atom. The lowest BCUT2D eigenvalue weighted by Gasteiger charge is -2.07. The van der Waals surface area contributed by atoms with Gasteiger partial charge in [0, 0.05) is 23.9 Å². The van der Waals surface area contributed by atoms with E-state index in [2.05, 4.69) is 10.3 Å². The first-order valence-corrected chi connectivity index (χ1v) is 6.57. The molecule has 106 valence electrons. The number of oxazole rings is 1. The van der Waals surface area contributed by atoms with E-state index in [0.717, 1.165) is 11.1 Å². The van der Waals surface area contributed by atoms with E-state index in [1.807, 2.05) is 6.92 Å². The van der Waals surface area contributed by atoms with Crippen LogP contribution >= 0.6 is 0 Å². The average Bonchev–Trinajstić information content (AvgIpc) is 2.81. The molecule has 5 nitrogen and oxygen atoms in total. The predicted molar refractivity (Wildman–Crippen MR) is 82.3 cm³/mol. The van der Waals surface area contributed by atoms with Crippen molar-refractivity contribution in [2.45, 2.75) is 13.8 Å². The lowest BCUT2D eigenvalue weighted by molar-refractivity contribution is 0.102. The summed E-state index contributed by atoms with van der Waals surface area (Å²) in [7, 11) is 0. The first-order valence-electron chi connectivity index (χ1n) is 6.57. The van der Waals surface area contributed by atoms with Crippen molar-refractivity contribution in [3.05, 3.63) is 53.4 Å². The van der Waals surface area contributed by atoms with E-state index in [0.29, 0.717) is 28.4 Å². The van der Waals surface area contributed by atoms with Crippen molar-refractivity contribution in [3.8, 4) is 0 Å². The summed E-state index contributed by atoms with van der Waals surface area (Å²) in [4.78, 5) is 16.5. The molecule has 0 radical (unpaired) electrons. The molecular formula is C16H15N3O2. The lowest BCUT2D eigenvalue weighted by atomic mass is 10.1. The number of aromatic nitrogens is 1. The van der Waals surface area contributed by atoms with Crippen molar-refractivity contribution in [1.29, 1.82) is 0 Å². The minimum Gasteiger partial charge on any atom is -0.441 e. The Morgan fingerprint density at radius 3 is 2.76 bits per heavy atom. The van der Waals surface area contributed by atoms with Gasteiger partial charge < -0.3 is 15.5 Å². The fourth-order valence-corrected chi connectivity index (χ4v) is 2.14. The second-order valence-corrected chi connectivity index (χ2v) is 4.94. The number of nitrogens with zero attached hydrogens (tertiary/aromatic N) is 1. The van der Waals surface area contributed by atoms with E-state index in [9.17, 15) is 4.79 Å². The smallest absolute Gasteiger partial charge is 0.255 e. The molecule has 0 unspecified atom stereocenters. The topological polar surface area (TPSA) is 81.2 Å². The Kier molecular flexibility index (Phi) is 3.10. The van der Waals surface area contributed by atoms with Gasteiger partial charge in [0.15, 0.2) is 11.5 Å². The van der Waals surface area contributed by atoms with Crippen LogP contribution in [-0.4, -0.2) is 10.9 Å². The quantitative estimate of drug-likeness (QED) is 0.706. The Bertz CT molecular complexity index is 837. The summed E-state index contributed by atoms with van der Waals surface area (Å²) in [6.45, 7) is 3.66. The van der Waals surface area contributed by atoms with Crippen LogP contribution < -0.4 is 11.1 Å². The van der Waals surface area contributed by atoms with Crippen molar-refractivity contribution in [2.24, 2.45) is 0 Å². The van der Waals surface area contributed by atoms with Crippen molar-refractivity contribution < 1.29 is 9.21 Å². The zero-order chi connectivity index (χ0) is 15.0. The van der Waals surface area contributed by atoms with Gasteiger partial charge >= 0.3 is 0 Å². The van der Waals surface area contributed by atoms with Gasteiger partial charge in [-0.2, -0.15) is 0 Å². The third kappa shape index (κ3) is 2.58. The maximum absolute atomic E-state index is 12.2. The van der Waals surface area contributed by atoms with Gasteiger partial charge in [-0.25, -0.2) is 4.98 Å². The van der Waals surface area contributed by atoms with Crippen LogP contribution in [0.3, 0.4) is 0 Å². The molecule has 0 saturated heterocycles. The molecule has 1 amide bonds. The number of hydrogen-bond donors (Lipinski definition) is 2. The number of hydrogen-bond acceptors (Lipinski definition) is 4. The summed E-state index contributed by atoms with van der Waals surface area (Å²) in [6.07, 6.45) is 0. The van der Waals surface area contributed by atoms with Gasteiger partial charge in [-0.15, -0.1) is 0 Å². The highest BCUT2D eigenvalue weighted by Crippen LogP contribution is 2.20. The standard InChI is InChI=1S/C16H15N3O2/c1-9-7-11(3-5-13(9)17)16(20)19-12-4-6-15-14(8-12)18-10(2)21-15/h3-8H,17H2,1-2H3,(H,19,20). The summed E-state index contributed by atoms with van der Waals surface area (Å²) in [5.41, 5.74) is 9.98. The lowest BCUT2D eigenvalue weighted by Crippen LogP contribution is -2.12. The molecule has 3 aromatic rings. The summed E-state index contributed by atoms with van der Waals surface area (Å²) in [5.74, 6) is 0.417. The number of carbonyl (C=O) groups is 1. The van der Waals surface area contributed by atoms with Gasteiger partial charge in [0.2, 0.25) is 0 Å². The summed E-state index contributed by atoms with van der Waals surface area (Å²) in [5, 5.41) is 2.84. The molecule has 0 aliphatic carbocycles. The Morgan fingerprint density at radius 2 is 2.00 bits per heavy atom. The molecular weight excluding hydrogens is 266 g/mol. The van der Waals surface area contributed by atoms with Crippen molar-refractivity contribution >= 4 is 28.4 Å². The molecule has 0 aliphatic heterocycles. The number of amides is 1. The van der Waals surface area contributed by atoms with Crippen LogP contribution in [0, 0.1) is 13.8 Å².